The van der Waals surface area contributed by atoms with E-state index in [1.54, 1.807) is 6.92 Å². The SMILES string of the molecule is C=CCOC(=O)c1sc(NC(=O)c2ccc(OC)c([N+](=O)[O-])c2)c(C(=O)OCC)c1C. The Bertz CT molecular complexity index is 1040. The average molecular weight is 448 g/mol. The van der Waals surface area contributed by atoms with Crippen LogP contribution in [0.3, 0.4) is 0 Å². The Labute approximate surface area is 181 Å². The number of methoxy groups -OCH3 is 1. The first-order valence-electron chi connectivity index (χ1n) is 8.97. The Morgan fingerprint density at radius 2 is 1.97 bits per heavy atom. The molecule has 0 aliphatic heterocycles. The number of ether oxygens (including phenoxy) is 3. The molecule has 31 heavy (non-hydrogen) atoms. The number of nitrogens with zero attached hydrogens (tertiary/aromatic N) is 1. The van der Waals surface area contributed by atoms with Gasteiger partial charge in [-0.25, -0.2) is 9.59 Å². The van der Waals surface area contributed by atoms with Crippen LogP contribution in [0.2, 0.25) is 0 Å². The number of esters is 2. The molecule has 0 saturated carbocycles. The smallest absolute Gasteiger partial charge is 0.348 e. The summed E-state index contributed by atoms with van der Waals surface area (Å²) in [5, 5.41) is 13.8. The van der Waals surface area contributed by atoms with Crippen molar-refractivity contribution < 1.29 is 33.5 Å². The van der Waals surface area contributed by atoms with Crippen molar-refractivity contribution in [1.82, 2.24) is 0 Å². The van der Waals surface area contributed by atoms with Crippen molar-refractivity contribution in [3.05, 3.63) is 62.5 Å². The Balaban J connectivity index is 2.45. The molecule has 0 saturated heterocycles. The average Bonchev–Trinajstić information content (AvgIpc) is 3.07. The van der Waals surface area contributed by atoms with E-state index < -0.39 is 28.5 Å². The molecule has 1 N–H and O–H groups in total. The Morgan fingerprint density at radius 3 is 2.55 bits per heavy atom. The molecule has 0 unspecified atom stereocenters. The van der Waals surface area contributed by atoms with E-state index in [9.17, 15) is 24.5 Å². The number of rotatable bonds is 9. The lowest BCUT2D eigenvalue weighted by Crippen LogP contribution is -2.15. The van der Waals surface area contributed by atoms with Crippen LogP contribution in [0.25, 0.3) is 0 Å². The molecule has 0 atom stereocenters. The molecule has 164 valence electrons. The van der Waals surface area contributed by atoms with Crippen molar-refractivity contribution in [2.24, 2.45) is 0 Å². The monoisotopic (exact) mass is 448 g/mol. The fraction of sp³-hybridized carbons (Fsp3) is 0.250. The van der Waals surface area contributed by atoms with Crippen LogP contribution in [0.4, 0.5) is 10.7 Å². The van der Waals surface area contributed by atoms with Crippen LogP contribution in [0, 0.1) is 17.0 Å². The van der Waals surface area contributed by atoms with Crippen LogP contribution in [0.15, 0.2) is 30.9 Å². The van der Waals surface area contributed by atoms with E-state index in [2.05, 4.69) is 11.9 Å². The maximum absolute atomic E-state index is 12.7. The molecule has 0 spiro atoms. The van der Waals surface area contributed by atoms with Gasteiger partial charge in [0.1, 0.15) is 16.5 Å². The van der Waals surface area contributed by atoms with Gasteiger partial charge >= 0.3 is 17.6 Å². The highest BCUT2D eigenvalue weighted by Crippen LogP contribution is 2.35. The first-order chi connectivity index (χ1) is 14.7. The lowest BCUT2D eigenvalue weighted by molar-refractivity contribution is -0.385. The summed E-state index contributed by atoms with van der Waals surface area (Å²) in [6.07, 6.45) is 1.40. The molecular weight excluding hydrogens is 428 g/mol. The molecule has 1 aromatic carbocycles. The molecule has 0 aliphatic carbocycles. The summed E-state index contributed by atoms with van der Waals surface area (Å²) < 4.78 is 15.0. The summed E-state index contributed by atoms with van der Waals surface area (Å²) in [6, 6.07) is 3.68. The number of nitro benzene ring substituents is 1. The summed E-state index contributed by atoms with van der Waals surface area (Å²) in [6.45, 7) is 6.67. The van der Waals surface area contributed by atoms with Crippen LogP contribution in [0.5, 0.6) is 5.75 Å². The lowest BCUT2D eigenvalue weighted by atomic mass is 10.1. The van der Waals surface area contributed by atoms with Gasteiger partial charge in [-0.2, -0.15) is 0 Å². The molecule has 0 bridgehead atoms. The number of carbonyl (C=O) groups is 3. The fourth-order valence-corrected chi connectivity index (χ4v) is 3.68. The maximum Gasteiger partial charge on any atom is 0.348 e. The van der Waals surface area contributed by atoms with E-state index in [-0.39, 0.29) is 45.5 Å². The van der Waals surface area contributed by atoms with Crippen molar-refractivity contribution in [2.45, 2.75) is 13.8 Å². The summed E-state index contributed by atoms with van der Waals surface area (Å²) in [4.78, 5) is 48.1. The van der Waals surface area contributed by atoms with Crippen LogP contribution in [-0.2, 0) is 9.47 Å². The Kier molecular flexibility index (Phi) is 7.86. The van der Waals surface area contributed by atoms with Gasteiger partial charge in [-0.1, -0.05) is 12.7 Å². The van der Waals surface area contributed by atoms with Gasteiger partial charge in [0.25, 0.3) is 5.91 Å². The van der Waals surface area contributed by atoms with E-state index in [0.29, 0.717) is 0 Å². The molecule has 0 radical (unpaired) electrons. The highest BCUT2D eigenvalue weighted by Gasteiger charge is 2.28. The van der Waals surface area contributed by atoms with Crippen LogP contribution in [-0.4, -0.2) is 43.1 Å². The van der Waals surface area contributed by atoms with Gasteiger partial charge in [0.05, 0.1) is 24.2 Å². The minimum absolute atomic E-state index is 0.00650. The summed E-state index contributed by atoms with van der Waals surface area (Å²) in [5.74, 6) is -2.14. The maximum atomic E-state index is 12.7. The minimum atomic E-state index is -0.727. The van der Waals surface area contributed by atoms with E-state index >= 15 is 0 Å². The predicted octanol–water partition coefficient (Wildman–Crippen LogP) is 3.75. The third-order valence-electron chi connectivity index (χ3n) is 4.01. The Morgan fingerprint density at radius 1 is 1.26 bits per heavy atom. The number of hydrogen-bond acceptors (Lipinski definition) is 9. The van der Waals surface area contributed by atoms with Crippen LogP contribution < -0.4 is 10.1 Å². The zero-order valence-corrected chi connectivity index (χ0v) is 17.9. The number of nitro groups is 1. The molecule has 11 heteroatoms. The van der Waals surface area contributed by atoms with Gasteiger partial charge in [-0.15, -0.1) is 11.3 Å². The normalized spacial score (nSPS) is 10.2. The third kappa shape index (κ3) is 5.25. The fourth-order valence-electron chi connectivity index (χ4n) is 2.59. The molecule has 1 amide bonds. The number of benzene rings is 1. The number of amides is 1. The van der Waals surface area contributed by atoms with Gasteiger partial charge in [0.15, 0.2) is 5.75 Å². The van der Waals surface area contributed by atoms with Crippen molar-refractivity contribution in [2.75, 3.05) is 25.6 Å². The molecule has 1 heterocycles. The van der Waals surface area contributed by atoms with Gasteiger partial charge < -0.3 is 19.5 Å². The second-order valence-electron chi connectivity index (χ2n) is 5.97. The highest BCUT2D eigenvalue weighted by molar-refractivity contribution is 7.18. The highest BCUT2D eigenvalue weighted by atomic mass is 32.1. The van der Waals surface area contributed by atoms with E-state index in [4.69, 9.17) is 14.2 Å². The second kappa shape index (κ2) is 10.3. The topological polar surface area (TPSA) is 134 Å². The Hall–Kier alpha value is -3.73. The van der Waals surface area contributed by atoms with Crippen molar-refractivity contribution in [3.8, 4) is 5.75 Å². The van der Waals surface area contributed by atoms with Crippen LogP contribution >= 0.6 is 11.3 Å². The molecular formula is C20H20N2O8S. The molecule has 0 fully saturated rings. The molecule has 10 nitrogen and oxygen atoms in total. The largest absolute Gasteiger partial charge is 0.490 e. The predicted molar refractivity (Wildman–Crippen MR) is 113 cm³/mol. The quantitative estimate of drug-likeness (QED) is 0.265. The molecule has 1 aromatic heterocycles. The second-order valence-corrected chi connectivity index (χ2v) is 6.99. The van der Waals surface area contributed by atoms with Gasteiger partial charge in [0, 0.05) is 11.6 Å². The number of carbonyl (C=O) groups excluding carboxylic acids is 3. The lowest BCUT2D eigenvalue weighted by Gasteiger charge is -2.08. The van der Waals surface area contributed by atoms with Gasteiger partial charge in [-0.3, -0.25) is 14.9 Å². The first-order valence-corrected chi connectivity index (χ1v) is 9.79. The van der Waals surface area contributed by atoms with Crippen LogP contribution in [0.1, 0.15) is 42.9 Å². The summed E-state index contributed by atoms with van der Waals surface area (Å²) in [5.41, 5.74) is -0.136. The summed E-state index contributed by atoms with van der Waals surface area (Å²) in [7, 11) is 1.27. The van der Waals surface area contributed by atoms with E-state index in [1.807, 2.05) is 0 Å². The number of hydrogen-bond donors (Lipinski definition) is 1. The number of anilines is 1. The molecule has 2 aromatic rings. The van der Waals surface area contributed by atoms with Crippen molar-refractivity contribution in [3.63, 3.8) is 0 Å². The third-order valence-corrected chi connectivity index (χ3v) is 5.20. The summed E-state index contributed by atoms with van der Waals surface area (Å²) >= 11 is 0.840. The van der Waals surface area contributed by atoms with Crippen molar-refractivity contribution in [1.29, 1.82) is 0 Å². The minimum Gasteiger partial charge on any atom is -0.490 e. The number of thiophene rings is 1. The standard InChI is InChI=1S/C20H20N2O8S/c1-5-9-30-20(25)16-11(3)15(19(24)29-6-2)18(31-16)21-17(23)12-7-8-14(28-4)13(10-12)22(26)27/h5,7-8,10H,1,6,9H2,2-4H3,(H,21,23). The zero-order valence-electron chi connectivity index (χ0n) is 17.1. The van der Waals surface area contributed by atoms with E-state index in [1.165, 1.54) is 32.2 Å². The van der Waals surface area contributed by atoms with Gasteiger partial charge in [0.2, 0.25) is 0 Å². The zero-order chi connectivity index (χ0) is 23.1. The van der Waals surface area contributed by atoms with Crippen molar-refractivity contribution >= 4 is 39.9 Å². The molecule has 2 rings (SSSR count). The molecule has 0 aliphatic rings. The van der Waals surface area contributed by atoms with Gasteiger partial charge in [-0.05, 0) is 31.5 Å². The number of nitrogens with one attached hydrogen (secondary N) is 1. The first kappa shape index (κ1) is 23.5. The van der Waals surface area contributed by atoms with E-state index in [0.717, 1.165) is 17.4 Å².